The third kappa shape index (κ3) is 2.28. The van der Waals surface area contributed by atoms with Gasteiger partial charge in [-0.25, -0.2) is 4.39 Å². The van der Waals surface area contributed by atoms with Crippen LogP contribution in [0.1, 0.15) is 5.56 Å². The number of hydrogen-bond acceptors (Lipinski definition) is 3. The van der Waals surface area contributed by atoms with Gasteiger partial charge < -0.3 is 9.73 Å². The van der Waals surface area contributed by atoms with E-state index in [-0.39, 0.29) is 17.8 Å². The maximum absolute atomic E-state index is 13.5. The van der Waals surface area contributed by atoms with Crippen molar-refractivity contribution in [3.05, 3.63) is 76.4 Å². The van der Waals surface area contributed by atoms with Crippen molar-refractivity contribution in [3.8, 4) is 0 Å². The highest BCUT2D eigenvalue weighted by molar-refractivity contribution is 5.76. The van der Waals surface area contributed by atoms with Crippen LogP contribution in [-0.2, 0) is 6.54 Å². The summed E-state index contributed by atoms with van der Waals surface area (Å²) in [7, 11) is 0. The zero-order valence-electron chi connectivity index (χ0n) is 10.6. The van der Waals surface area contributed by atoms with Gasteiger partial charge in [-0.15, -0.1) is 0 Å². The highest BCUT2D eigenvalue weighted by Gasteiger charge is 2.07. The topological polar surface area (TPSA) is 42.2 Å². The Morgan fingerprint density at radius 2 is 1.80 bits per heavy atom. The standard InChI is InChI=1S/C16H12FNO2/c17-13-6-2-3-7-14(13)18-9-11-10-20-15-8-4-1-5-12(15)16(11)19/h1-8,10,18H,9H2. The average molecular weight is 269 g/mol. The van der Waals surface area contributed by atoms with E-state index in [1.165, 1.54) is 12.3 Å². The SMILES string of the molecule is O=c1c(CNc2ccccc2F)coc2ccccc12. The lowest BCUT2D eigenvalue weighted by atomic mass is 10.1. The summed E-state index contributed by atoms with van der Waals surface area (Å²) < 4.78 is 18.9. The molecule has 4 heteroatoms. The number of benzene rings is 2. The maximum Gasteiger partial charge on any atom is 0.197 e. The highest BCUT2D eigenvalue weighted by atomic mass is 19.1. The van der Waals surface area contributed by atoms with Gasteiger partial charge in [0.05, 0.1) is 22.9 Å². The Morgan fingerprint density at radius 3 is 2.65 bits per heavy atom. The summed E-state index contributed by atoms with van der Waals surface area (Å²) in [5, 5.41) is 3.43. The molecular formula is C16H12FNO2. The molecular weight excluding hydrogens is 257 g/mol. The van der Waals surface area contributed by atoms with Crippen molar-refractivity contribution in [3.63, 3.8) is 0 Å². The minimum atomic E-state index is -0.349. The van der Waals surface area contributed by atoms with Crippen LogP contribution in [0.15, 0.2) is 64.0 Å². The molecule has 100 valence electrons. The van der Waals surface area contributed by atoms with Gasteiger partial charge in [0.1, 0.15) is 11.4 Å². The zero-order chi connectivity index (χ0) is 13.9. The molecule has 0 atom stereocenters. The summed E-state index contributed by atoms with van der Waals surface area (Å²) in [4.78, 5) is 12.2. The Bertz CT molecular complexity index is 811. The fraction of sp³-hybridized carbons (Fsp3) is 0.0625. The molecule has 1 heterocycles. The van der Waals surface area contributed by atoms with Gasteiger partial charge >= 0.3 is 0 Å². The van der Waals surface area contributed by atoms with Gasteiger partial charge in [-0.3, -0.25) is 4.79 Å². The molecule has 0 aliphatic heterocycles. The molecule has 0 saturated heterocycles. The molecule has 1 aromatic heterocycles. The molecule has 20 heavy (non-hydrogen) atoms. The predicted molar refractivity (Wildman–Crippen MR) is 76.2 cm³/mol. The lowest BCUT2D eigenvalue weighted by Gasteiger charge is -2.07. The van der Waals surface area contributed by atoms with E-state index in [4.69, 9.17) is 4.42 Å². The number of halogens is 1. The number of hydrogen-bond donors (Lipinski definition) is 1. The lowest BCUT2D eigenvalue weighted by molar-refractivity contribution is 0.593. The Balaban J connectivity index is 1.90. The summed E-state index contributed by atoms with van der Waals surface area (Å²) in [5.74, 6) is -0.349. The van der Waals surface area contributed by atoms with Gasteiger partial charge in [0, 0.05) is 6.54 Å². The molecule has 0 bridgehead atoms. The Morgan fingerprint density at radius 1 is 1.05 bits per heavy atom. The van der Waals surface area contributed by atoms with Gasteiger partial charge in [-0.1, -0.05) is 24.3 Å². The molecule has 0 radical (unpaired) electrons. The third-order valence-electron chi connectivity index (χ3n) is 3.09. The fourth-order valence-corrected chi connectivity index (χ4v) is 2.04. The molecule has 0 saturated carbocycles. The van der Waals surface area contributed by atoms with E-state index < -0.39 is 0 Å². The number of fused-ring (bicyclic) bond motifs is 1. The van der Waals surface area contributed by atoms with E-state index in [0.717, 1.165) is 0 Å². The summed E-state index contributed by atoms with van der Waals surface area (Å²) in [5.41, 5.74) is 1.27. The van der Waals surface area contributed by atoms with Crippen molar-refractivity contribution >= 4 is 16.7 Å². The Hall–Kier alpha value is -2.62. The number of rotatable bonds is 3. The van der Waals surface area contributed by atoms with Crippen LogP contribution in [0.5, 0.6) is 0 Å². The van der Waals surface area contributed by atoms with Crippen LogP contribution in [0.25, 0.3) is 11.0 Å². The van der Waals surface area contributed by atoms with Crippen LogP contribution in [0.4, 0.5) is 10.1 Å². The molecule has 2 aromatic carbocycles. The molecule has 0 fully saturated rings. The van der Waals surface area contributed by atoms with Crippen molar-refractivity contribution in [1.82, 2.24) is 0 Å². The first-order valence-corrected chi connectivity index (χ1v) is 6.23. The smallest absolute Gasteiger partial charge is 0.197 e. The van der Waals surface area contributed by atoms with E-state index >= 15 is 0 Å². The highest BCUT2D eigenvalue weighted by Crippen LogP contribution is 2.14. The monoisotopic (exact) mass is 269 g/mol. The van der Waals surface area contributed by atoms with Crippen LogP contribution in [0.2, 0.25) is 0 Å². The normalized spacial score (nSPS) is 10.7. The maximum atomic E-state index is 13.5. The number of nitrogens with one attached hydrogen (secondary N) is 1. The molecule has 0 amide bonds. The van der Waals surface area contributed by atoms with Crippen LogP contribution in [0.3, 0.4) is 0 Å². The molecule has 0 aliphatic rings. The van der Waals surface area contributed by atoms with Crippen LogP contribution >= 0.6 is 0 Å². The first-order chi connectivity index (χ1) is 9.75. The molecule has 3 nitrogen and oxygen atoms in total. The minimum Gasteiger partial charge on any atom is -0.464 e. The first kappa shape index (κ1) is 12.4. The Labute approximate surface area is 114 Å². The van der Waals surface area contributed by atoms with E-state index in [2.05, 4.69) is 5.32 Å². The molecule has 0 aliphatic carbocycles. The molecule has 1 N–H and O–H groups in total. The number of para-hydroxylation sites is 2. The quantitative estimate of drug-likeness (QED) is 0.790. The van der Waals surface area contributed by atoms with Crippen molar-refractivity contribution in [1.29, 1.82) is 0 Å². The summed E-state index contributed by atoms with van der Waals surface area (Å²) in [6.07, 6.45) is 1.42. The van der Waals surface area contributed by atoms with Crippen molar-refractivity contribution in [2.45, 2.75) is 6.54 Å². The predicted octanol–water partition coefficient (Wildman–Crippen LogP) is 3.54. The van der Waals surface area contributed by atoms with Gasteiger partial charge in [-0.05, 0) is 24.3 Å². The summed E-state index contributed by atoms with van der Waals surface area (Å²) in [6.45, 7) is 0.216. The molecule has 0 spiro atoms. The minimum absolute atomic E-state index is 0.101. The van der Waals surface area contributed by atoms with Crippen molar-refractivity contribution < 1.29 is 8.81 Å². The van der Waals surface area contributed by atoms with E-state index in [1.54, 1.807) is 36.4 Å². The van der Waals surface area contributed by atoms with Crippen LogP contribution in [-0.4, -0.2) is 0 Å². The first-order valence-electron chi connectivity index (χ1n) is 6.23. The number of anilines is 1. The Kier molecular flexibility index (Phi) is 3.21. The van der Waals surface area contributed by atoms with Crippen LogP contribution < -0.4 is 10.7 Å². The van der Waals surface area contributed by atoms with E-state index in [9.17, 15) is 9.18 Å². The van der Waals surface area contributed by atoms with Crippen molar-refractivity contribution in [2.75, 3.05) is 5.32 Å². The van der Waals surface area contributed by atoms with Gasteiger partial charge in [0.2, 0.25) is 0 Å². The lowest BCUT2D eigenvalue weighted by Crippen LogP contribution is -2.13. The molecule has 3 aromatic rings. The van der Waals surface area contributed by atoms with Gasteiger partial charge in [-0.2, -0.15) is 0 Å². The second-order valence-electron chi connectivity index (χ2n) is 4.42. The summed E-state index contributed by atoms with van der Waals surface area (Å²) >= 11 is 0. The van der Waals surface area contributed by atoms with Gasteiger partial charge in [0.15, 0.2) is 5.43 Å². The van der Waals surface area contributed by atoms with Crippen LogP contribution in [0, 0.1) is 5.82 Å². The summed E-state index contributed by atoms with van der Waals surface area (Å²) in [6, 6.07) is 13.4. The third-order valence-corrected chi connectivity index (χ3v) is 3.09. The second kappa shape index (κ2) is 5.17. The average Bonchev–Trinajstić information content (AvgIpc) is 2.48. The fourth-order valence-electron chi connectivity index (χ4n) is 2.04. The van der Waals surface area contributed by atoms with Crippen molar-refractivity contribution in [2.24, 2.45) is 0 Å². The molecule has 3 rings (SSSR count). The van der Waals surface area contributed by atoms with E-state index in [1.807, 2.05) is 6.07 Å². The largest absolute Gasteiger partial charge is 0.464 e. The van der Waals surface area contributed by atoms with Gasteiger partial charge in [0.25, 0.3) is 0 Å². The second-order valence-corrected chi connectivity index (χ2v) is 4.42. The zero-order valence-corrected chi connectivity index (χ0v) is 10.6. The molecule has 0 unspecified atom stereocenters. The van der Waals surface area contributed by atoms with E-state index in [0.29, 0.717) is 22.2 Å².